The maximum atomic E-state index is 13.6. The highest BCUT2D eigenvalue weighted by Gasteiger charge is 2.90. The highest BCUT2D eigenvalue weighted by molar-refractivity contribution is 5.67. The van der Waals surface area contributed by atoms with E-state index in [0.717, 1.165) is 0 Å². The molecule has 0 aliphatic rings. The van der Waals surface area contributed by atoms with Gasteiger partial charge >= 0.3 is 41.5 Å². The lowest BCUT2D eigenvalue weighted by molar-refractivity contribution is -0.439. The lowest BCUT2D eigenvalue weighted by Crippen LogP contribution is -2.70. The summed E-state index contributed by atoms with van der Waals surface area (Å²) in [5, 5.41) is 24.1. The fourth-order valence-electron chi connectivity index (χ4n) is 2.08. The van der Waals surface area contributed by atoms with Crippen LogP contribution in [0.4, 0.5) is 74.1 Å². The summed E-state index contributed by atoms with van der Waals surface area (Å²) in [7, 11) is 0. The highest BCUT2D eigenvalue weighted by atomic mass is 19.4. The van der Waals surface area contributed by atoms with Crippen molar-refractivity contribution in [2.75, 3.05) is 5.43 Å². The van der Waals surface area contributed by atoms with Crippen LogP contribution in [0.1, 0.15) is 6.42 Å². The van der Waals surface area contributed by atoms with Gasteiger partial charge in [-0.05, 0) is 6.07 Å². The van der Waals surface area contributed by atoms with E-state index in [-0.39, 0.29) is 0 Å². The summed E-state index contributed by atoms with van der Waals surface area (Å²) >= 11 is 0. The molecule has 1 aromatic rings. The third-order valence-corrected chi connectivity index (χ3v) is 4.01. The number of nitrogens with one attached hydrogen (secondary N) is 1. The number of hydrogen-bond donors (Lipinski definition) is 1. The Kier molecular flexibility index (Phi) is 7.60. The first-order valence-corrected chi connectivity index (χ1v) is 8.12. The third kappa shape index (κ3) is 5.01. The zero-order chi connectivity index (χ0) is 27.8. The zero-order valence-corrected chi connectivity index (χ0v) is 15.9. The van der Waals surface area contributed by atoms with E-state index in [4.69, 9.17) is 0 Å². The fourth-order valence-corrected chi connectivity index (χ4v) is 2.08. The predicted octanol–water partition coefficient (Wildman–Crippen LogP) is 6.03. The predicted molar refractivity (Wildman–Crippen MR) is 87.3 cm³/mol. The summed E-state index contributed by atoms with van der Waals surface area (Å²) in [5.41, 5.74) is -1.27. The van der Waals surface area contributed by atoms with Crippen molar-refractivity contribution < 1.29 is 66.9 Å². The van der Waals surface area contributed by atoms with Gasteiger partial charge in [-0.3, -0.25) is 25.7 Å². The maximum absolute atomic E-state index is 13.6. The largest absolute Gasteiger partial charge is 0.460 e. The number of nitro groups is 2. The van der Waals surface area contributed by atoms with Crippen molar-refractivity contribution in [1.29, 1.82) is 0 Å². The van der Waals surface area contributed by atoms with Crippen LogP contribution >= 0.6 is 0 Å². The molecule has 1 rings (SSSR count). The van der Waals surface area contributed by atoms with Gasteiger partial charge in [0.2, 0.25) is 0 Å². The number of rotatable bonds is 10. The molecular weight excluding hydrogens is 535 g/mol. The molecule has 0 unspecified atom stereocenters. The van der Waals surface area contributed by atoms with E-state index in [1.165, 1.54) is 5.43 Å². The van der Waals surface area contributed by atoms with Crippen LogP contribution in [-0.4, -0.2) is 51.9 Å². The smallest absolute Gasteiger partial charge is 0.272 e. The number of benzene rings is 1. The van der Waals surface area contributed by atoms with Crippen molar-refractivity contribution in [2.24, 2.45) is 5.10 Å². The van der Waals surface area contributed by atoms with Gasteiger partial charge in [-0.25, -0.2) is 0 Å². The van der Waals surface area contributed by atoms with Gasteiger partial charge in [0, 0.05) is 12.3 Å². The molecule has 21 heteroatoms. The number of alkyl halides is 13. The molecule has 0 bridgehead atoms. The van der Waals surface area contributed by atoms with Crippen molar-refractivity contribution in [3.05, 3.63) is 38.4 Å². The van der Waals surface area contributed by atoms with Crippen LogP contribution in [-0.2, 0) is 0 Å². The Hall–Kier alpha value is -3.42. The van der Waals surface area contributed by atoms with Crippen LogP contribution < -0.4 is 5.43 Å². The molecule has 0 amide bonds. The second-order valence-corrected chi connectivity index (χ2v) is 6.34. The molecule has 0 heterocycles. The summed E-state index contributed by atoms with van der Waals surface area (Å²) in [6.07, 6.45) is -10.8. The van der Waals surface area contributed by atoms with Crippen molar-refractivity contribution in [3.63, 3.8) is 0 Å². The second-order valence-electron chi connectivity index (χ2n) is 6.34. The monoisotopic (exact) mass is 542 g/mol. The number of halogens is 13. The number of anilines is 1. The SMILES string of the molecule is O=[N+]([O-])c1ccc(N/N=C/CC(F)(F)C(F)(F)C(F)(F)C(F)(F)C(F)(F)C(F)(F)F)c([N+](=O)[O-])c1. The van der Waals surface area contributed by atoms with Gasteiger partial charge < -0.3 is 0 Å². The molecule has 0 saturated heterocycles. The van der Waals surface area contributed by atoms with Crippen LogP contribution in [0.3, 0.4) is 0 Å². The molecule has 1 aromatic carbocycles. The summed E-state index contributed by atoms with van der Waals surface area (Å²) < 4.78 is 169. The standard InChI is InChI=1S/C14H7F13N4O4/c15-9(16,10(17,18)11(19,20)12(21,22)13(23,24)14(25,26)27)3-4-28-29-7-2-1-6(30(32)33)5-8(7)31(34)35/h1-2,4-5,29H,3H2/b28-4+. The average molecular weight is 542 g/mol. The second kappa shape index (κ2) is 8.98. The van der Waals surface area contributed by atoms with Gasteiger partial charge in [0.05, 0.1) is 22.3 Å². The minimum atomic E-state index is -8.04. The third-order valence-electron chi connectivity index (χ3n) is 4.01. The molecule has 8 nitrogen and oxygen atoms in total. The van der Waals surface area contributed by atoms with Crippen LogP contribution in [0.25, 0.3) is 0 Å². The van der Waals surface area contributed by atoms with E-state index < -0.39 is 75.3 Å². The lowest BCUT2D eigenvalue weighted by Gasteiger charge is -2.39. The van der Waals surface area contributed by atoms with Crippen molar-refractivity contribution >= 4 is 23.3 Å². The Balaban J connectivity index is 3.21. The van der Waals surface area contributed by atoms with Crippen molar-refractivity contribution in [1.82, 2.24) is 0 Å². The van der Waals surface area contributed by atoms with E-state index >= 15 is 0 Å². The van der Waals surface area contributed by atoms with Gasteiger partial charge in [0.1, 0.15) is 5.69 Å². The van der Waals surface area contributed by atoms with Gasteiger partial charge in [-0.1, -0.05) is 0 Å². The van der Waals surface area contributed by atoms with Crippen LogP contribution in [0.15, 0.2) is 23.3 Å². The van der Waals surface area contributed by atoms with Crippen LogP contribution in [0, 0.1) is 20.2 Å². The zero-order valence-electron chi connectivity index (χ0n) is 15.9. The number of nitro benzene ring substituents is 2. The topological polar surface area (TPSA) is 111 Å². The number of hydrogen-bond acceptors (Lipinski definition) is 6. The molecule has 1 N–H and O–H groups in total. The first kappa shape index (κ1) is 29.6. The van der Waals surface area contributed by atoms with Crippen molar-refractivity contribution in [3.8, 4) is 0 Å². The Labute approximate surface area is 182 Å². The summed E-state index contributed by atoms with van der Waals surface area (Å²) in [4.78, 5) is 19.1. The maximum Gasteiger partial charge on any atom is 0.460 e. The van der Waals surface area contributed by atoms with E-state index in [9.17, 15) is 77.3 Å². The van der Waals surface area contributed by atoms with E-state index in [2.05, 4.69) is 5.10 Å². The first-order chi connectivity index (χ1) is 15.5. The normalized spacial score (nSPS) is 14.3. The van der Waals surface area contributed by atoms with Gasteiger partial charge in [-0.2, -0.15) is 62.2 Å². The molecule has 0 saturated carbocycles. The average Bonchev–Trinajstić information content (AvgIpc) is 2.69. The van der Waals surface area contributed by atoms with E-state index in [0.29, 0.717) is 18.2 Å². The molecular formula is C14H7F13N4O4. The Morgan fingerprint density at radius 1 is 0.771 bits per heavy atom. The molecule has 198 valence electrons. The Bertz CT molecular complexity index is 1010. The summed E-state index contributed by atoms with van der Waals surface area (Å²) in [5.74, 6) is -37.8. The number of hydrazone groups is 1. The first-order valence-electron chi connectivity index (χ1n) is 8.12. The highest BCUT2D eigenvalue weighted by Crippen LogP contribution is 2.60. The summed E-state index contributed by atoms with van der Waals surface area (Å²) in [6, 6.07) is 1.50. The molecule has 0 spiro atoms. The molecule has 0 aliphatic carbocycles. The number of non-ortho nitro benzene ring substituents is 1. The van der Waals surface area contributed by atoms with Crippen molar-refractivity contribution in [2.45, 2.75) is 42.2 Å². The molecule has 0 atom stereocenters. The minimum Gasteiger partial charge on any atom is -0.272 e. The lowest BCUT2D eigenvalue weighted by atomic mass is 9.93. The fraction of sp³-hybridized carbons (Fsp3) is 0.500. The molecule has 35 heavy (non-hydrogen) atoms. The quantitative estimate of drug-likeness (QED) is 0.168. The minimum absolute atomic E-state index is 0.323. The summed E-state index contributed by atoms with van der Waals surface area (Å²) in [6.45, 7) is 0. The molecule has 0 aliphatic heterocycles. The van der Waals surface area contributed by atoms with Gasteiger partial charge in [0.25, 0.3) is 5.69 Å². The molecule has 0 radical (unpaired) electrons. The van der Waals surface area contributed by atoms with Gasteiger partial charge in [-0.15, -0.1) is 0 Å². The Morgan fingerprint density at radius 2 is 1.26 bits per heavy atom. The molecule has 0 aromatic heterocycles. The van der Waals surface area contributed by atoms with E-state index in [1.54, 1.807) is 0 Å². The number of nitrogens with zero attached hydrogens (tertiary/aromatic N) is 3. The Morgan fingerprint density at radius 3 is 1.69 bits per heavy atom. The van der Waals surface area contributed by atoms with Crippen LogP contribution in [0.5, 0.6) is 0 Å². The van der Waals surface area contributed by atoms with Gasteiger partial charge in [0.15, 0.2) is 0 Å². The van der Waals surface area contributed by atoms with Crippen LogP contribution in [0.2, 0.25) is 0 Å². The van der Waals surface area contributed by atoms with E-state index in [1.807, 2.05) is 0 Å². The molecule has 0 fully saturated rings.